The fraction of sp³-hybridized carbons (Fsp3) is 0.588. The van der Waals surface area contributed by atoms with Gasteiger partial charge in [-0.1, -0.05) is 18.2 Å². The van der Waals surface area contributed by atoms with Crippen LogP contribution in [0.5, 0.6) is 5.75 Å². The van der Waals surface area contributed by atoms with Gasteiger partial charge in [0.05, 0.1) is 32.1 Å². The first-order chi connectivity index (χ1) is 12.0. The van der Waals surface area contributed by atoms with Gasteiger partial charge in [-0.3, -0.25) is 0 Å². The number of hydrogen-bond donors (Lipinski definition) is 2. The monoisotopic (exact) mass is 371 g/mol. The van der Waals surface area contributed by atoms with E-state index >= 15 is 0 Å². The number of sulfone groups is 1. The molecule has 0 heterocycles. The Morgan fingerprint density at radius 1 is 1.16 bits per heavy atom. The summed E-state index contributed by atoms with van der Waals surface area (Å²) in [5.41, 5.74) is 1.02. The van der Waals surface area contributed by atoms with Gasteiger partial charge in [-0.25, -0.2) is 13.4 Å². The second-order valence-corrected chi connectivity index (χ2v) is 7.66. The molecule has 0 atom stereocenters. The molecule has 0 aliphatic carbocycles. The van der Waals surface area contributed by atoms with Gasteiger partial charge in [-0.15, -0.1) is 0 Å². The normalized spacial score (nSPS) is 12.0. The summed E-state index contributed by atoms with van der Waals surface area (Å²) in [6.07, 6.45) is 1.20. The average Bonchev–Trinajstić information content (AvgIpc) is 2.56. The van der Waals surface area contributed by atoms with Crippen LogP contribution < -0.4 is 15.4 Å². The summed E-state index contributed by atoms with van der Waals surface area (Å²) in [5, 5.41) is 6.33. The molecule has 0 amide bonds. The van der Waals surface area contributed by atoms with Crippen LogP contribution in [-0.4, -0.2) is 59.3 Å². The molecule has 0 unspecified atom stereocenters. The number of nitrogens with one attached hydrogen (secondary N) is 2. The predicted octanol–water partition coefficient (Wildman–Crippen LogP) is 1.20. The Morgan fingerprint density at radius 3 is 2.60 bits per heavy atom. The summed E-state index contributed by atoms with van der Waals surface area (Å²) >= 11 is 0. The number of guanidine groups is 1. The van der Waals surface area contributed by atoms with E-state index < -0.39 is 9.84 Å². The summed E-state index contributed by atoms with van der Waals surface area (Å²) in [6, 6.07) is 7.83. The van der Waals surface area contributed by atoms with Gasteiger partial charge in [0.2, 0.25) is 0 Å². The highest BCUT2D eigenvalue weighted by atomic mass is 32.2. The third kappa shape index (κ3) is 9.93. The Balaban J connectivity index is 2.46. The molecule has 0 aromatic heterocycles. The zero-order chi connectivity index (χ0) is 18.5. The molecule has 0 saturated carbocycles. The highest BCUT2D eigenvalue weighted by Gasteiger charge is 2.04. The largest absolute Gasteiger partial charge is 0.494 e. The lowest BCUT2D eigenvalue weighted by Gasteiger charge is -2.12. The van der Waals surface area contributed by atoms with Gasteiger partial charge in [0, 0.05) is 24.9 Å². The summed E-state index contributed by atoms with van der Waals surface area (Å²) in [6.45, 7) is 6.97. The molecule has 25 heavy (non-hydrogen) atoms. The van der Waals surface area contributed by atoms with Crippen molar-refractivity contribution in [2.24, 2.45) is 4.99 Å². The van der Waals surface area contributed by atoms with E-state index in [1.165, 1.54) is 6.26 Å². The Kier molecular flexibility index (Phi) is 9.94. The summed E-state index contributed by atoms with van der Waals surface area (Å²) in [4.78, 5) is 4.55. The first kappa shape index (κ1) is 21.2. The molecular weight excluding hydrogens is 342 g/mol. The van der Waals surface area contributed by atoms with Crippen molar-refractivity contribution >= 4 is 15.8 Å². The van der Waals surface area contributed by atoms with E-state index in [1.807, 2.05) is 38.1 Å². The van der Waals surface area contributed by atoms with Crippen molar-refractivity contribution in [3.63, 3.8) is 0 Å². The van der Waals surface area contributed by atoms with Crippen molar-refractivity contribution in [2.45, 2.75) is 20.4 Å². The first-order valence-corrected chi connectivity index (χ1v) is 10.5. The third-order valence-electron chi connectivity index (χ3n) is 3.16. The fourth-order valence-corrected chi connectivity index (χ4v) is 2.41. The standard InChI is InChI=1S/C17H29N3O4S/c1-4-18-17(19-10-11-23-12-13-25(3,21)22)20-14-15-8-6-7-9-16(15)24-5-2/h6-9H,4-5,10-14H2,1-3H3,(H2,18,19,20). The van der Waals surface area contributed by atoms with Gasteiger partial charge in [-0.2, -0.15) is 0 Å². The maximum atomic E-state index is 11.0. The minimum atomic E-state index is -2.98. The van der Waals surface area contributed by atoms with E-state index in [4.69, 9.17) is 9.47 Å². The zero-order valence-corrected chi connectivity index (χ0v) is 16.1. The quantitative estimate of drug-likeness (QED) is 0.345. The highest BCUT2D eigenvalue weighted by molar-refractivity contribution is 7.90. The van der Waals surface area contributed by atoms with Crippen LogP contribution in [0, 0.1) is 0 Å². The van der Waals surface area contributed by atoms with E-state index in [2.05, 4.69) is 15.6 Å². The average molecular weight is 372 g/mol. The maximum absolute atomic E-state index is 11.0. The number of aliphatic imine (C=N–C) groups is 1. The molecule has 1 aromatic carbocycles. The SMILES string of the molecule is CCNC(=NCc1ccccc1OCC)NCCOCCS(C)(=O)=O. The Hall–Kier alpha value is -1.80. The smallest absolute Gasteiger partial charge is 0.191 e. The van der Waals surface area contributed by atoms with Crippen molar-refractivity contribution < 1.29 is 17.9 Å². The fourth-order valence-electron chi connectivity index (χ4n) is 1.99. The molecule has 0 radical (unpaired) electrons. The first-order valence-electron chi connectivity index (χ1n) is 8.44. The number of benzene rings is 1. The molecule has 142 valence electrons. The molecule has 2 N–H and O–H groups in total. The number of nitrogens with zero attached hydrogens (tertiary/aromatic N) is 1. The second kappa shape index (κ2) is 11.7. The van der Waals surface area contributed by atoms with Crippen molar-refractivity contribution in [3.8, 4) is 5.75 Å². The van der Waals surface area contributed by atoms with Gasteiger partial charge in [-0.05, 0) is 19.9 Å². The maximum Gasteiger partial charge on any atom is 0.191 e. The van der Waals surface area contributed by atoms with Crippen LogP contribution in [0.4, 0.5) is 0 Å². The number of hydrogen-bond acceptors (Lipinski definition) is 5. The van der Waals surface area contributed by atoms with Gasteiger partial charge in [0.15, 0.2) is 5.96 Å². The summed E-state index contributed by atoms with van der Waals surface area (Å²) < 4.78 is 32.9. The molecule has 7 nitrogen and oxygen atoms in total. The molecule has 1 aromatic rings. The minimum absolute atomic E-state index is 0.0371. The Labute approximate surface area is 150 Å². The molecule has 0 spiro atoms. The van der Waals surface area contributed by atoms with Crippen LogP contribution in [0.2, 0.25) is 0 Å². The van der Waals surface area contributed by atoms with Crippen molar-refractivity contribution in [3.05, 3.63) is 29.8 Å². The molecular formula is C17H29N3O4S. The van der Waals surface area contributed by atoms with Crippen molar-refractivity contribution in [2.75, 3.05) is 44.9 Å². The van der Waals surface area contributed by atoms with Crippen LogP contribution in [0.15, 0.2) is 29.3 Å². The van der Waals surface area contributed by atoms with E-state index in [1.54, 1.807) is 0 Å². The van der Waals surface area contributed by atoms with Gasteiger partial charge < -0.3 is 20.1 Å². The van der Waals surface area contributed by atoms with Gasteiger partial charge in [0.1, 0.15) is 15.6 Å². The Bertz CT molecular complexity index is 633. The van der Waals surface area contributed by atoms with E-state index in [9.17, 15) is 8.42 Å². The van der Waals surface area contributed by atoms with Crippen LogP contribution in [-0.2, 0) is 21.1 Å². The summed E-state index contributed by atoms with van der Waals surface area (Å²) in [7, 11) is -2.98. The van der Waals surface area contributed by atoms with E-state index in [-0.39, 0.29) is 12.4 Å². The topological polar surface area (TPSA) is 89.0 Å². The lowest BCUT2D eigenvalue weighted by Crippen LogP contribution is -2.39. The van der Waals surface area contributed by atoms with Crippen molar-refractivity contribution in [1.29, 1.82) is 0 Å². The molecule has 0 saturated heterocycles. The lowest BCUT2D eigenvalue weighted by molar-refractivity contribution is 0.154. The second-order valence-electron chi connectivity index (χ2n) is 5.40. The highest BCUT2D eigenvalue weighted by Crippen LogP contribution is 2.18. The zero-order valence-electron chi connectivity index (χ0n) is 15.2. The van der Waals surface area contributed by atoms with Gasteiger partial charge >= 0.3 is 0 Å². The number of rotatable bonds is 11. The van der Waals surface area contributed by atoms with Crippen LogP contribution in [0.3, 0.4) is 0 Å². The van der Waals surface area contributed by atoms with Gasteiger partial charge in [0.25, 0.3) is 0 Å². The molecule has 0 bridgehead atoms. The van der Waals surface area contributed by atoms with Crippen molar-refractivity contribution in [1.82, 2.24) is 10.6 Å². The molecule has 8 heteroatoms. The number of ether oxygens (including phenoxy) is 2. The molecule has 0 aliphatic rings. The molecule has 0 aliphatic heterocycles. The molecule has 0 fully saturated rings. The Morgan fingerprint density at radius 2 is 1.92 bits per heavy atom. The van der Waals surface area contributed by atoms with E-state index in [0.29, 0.717) is 32.3 Å². The van der Waals surface area contributed by atoms with Crippen LogP contribution in [0.1, 0.15) is 19.4 Å². The third-order valence-corrected chi connectivity index (χ3v) is 4.07. The predicted molar refractivity (Wildman–Crippen MR) is 101 cm³/mol. The van der Waals surface area contributed by atoms with Crippen LogP contribution in [0.25, 0.3) is 0 Å². The van der Waals surface area contributed by atoms with E-state index in [0.717, 1.165) is 17.9 Å². The number of para-hydroxylation sites is 1. The van der Waals surface area contributed by atoms with Crippen LogP contribution >= 0.6 is 0 Å². The molecule has 1 rings (SSSR count). The summed E-state index contributed by atoms with van der Waals surface area (Å²) in [5.74, 6) is 1.56. The lowest BCUT2D eigenvalue weighted by atomic mass is 10.2. The minimum Gasteiger partial charge on any atom is -0.494 e.